The van der Waals surface area contributed by atoms with Crippen molar-refractivity contribution in [3.05, 3.63) is 27.7 Å². The largest absolute Gasteiger partial charge is 0.381 e. The topological polar surface area (TPSA) is 33.1 Å². The number of thiazole rings is 1. The van der Waals surface area contributed by atoms with Crippen molar-refractivity contribution in [1.29, 1.82) is 0 Å². The number of allylic oxidation sites excluding steroid dienone is 1. The van der Waals surface area contributed by atoms with Gasteiger partial charge in [-0.15, -0.1) is 11.3 Å². The molecule has 1 aliphatic carbocycles. The molecule has 1 aromatic heterocycles. The smallest absolute Gasteiger partial charge is 0.127 e. The van der Waals surface area contributed by atoms with Crippen molar-refractivity contribution in [2.75, 3.05) is 0 Å². The first kappa shape index (κ1) is 11.8. The van der Waals surface area contributed by atoms with Gasteiger partial charge in [0, 0.05) is 11.1 Å². The molecule has 0 aliphatic heterocycles. The predicted octanol–water partition coefficient (Wildman–Crippen LogP) is 3.77. The van der Waals surface area contributed by atoms with Gasteiger partial charge in [0.1, 0.15) is 11.1 Å². The maximum Gasteiger partial charge on any atom is 0.127 e. The molecule has 1 aliphatic rings. The Bertz CT molecular complexity index is 370. The number of aromatic nitrogens is 1. The Morgan fingerprint density at radius 1 is 1.31 bits per heavy atom. The van der Waals surface area contributed by atoms with E-state index in [1.165, 1.54) is 31.3 Å². The fourth-order valence-electron chi connectivity index (χ4n) is 2.12. The summed E-state index contributed by atoms with van der Waals surface area (Å²) in [4.78, 5) is 4.37. The number of rotatable bonds is 2. The van der Waals surface area contributed by atoms with E-state index in [2.05, 4.69) is 11.1 Å². The van der Waals surface area contributed by atoms with E-state index in [-0.39, 0.29) is 0 Å². The quantitative estimate of drug-likeness (QED) is 0.794. The van der Waals surface area contributed by atoms with E-state index >= 15 is 0 Å². The summed E-state index contributed by atoms with van der Waals surface area (Å²) in [7, 11) is 0. The minimum Gasteiger partial charge on any atom is -0.381 e. The van der Waals surface area contributed by atoms with Gasteiger partial charge < -0.3 is 5.11 Å². The van der Waals surface area contributed by atoms with E-state index in [0.717, 1.165) is 23.5 Å². The molecule has 1 heterocycles. The van der Waals surface area contributed by atoms with Gasteiger partial charge in [-0.05, 0) is 38.2 Å². The second kappa shape index (κ2) is 5.60. The Morgan fingerprint density at radius 3 is 2.88 bits per heavy atom. The van der Waals surface area contributed by atoms with Crippen LogP contribution in [0.3, 0.4) is 0 Å². The van der Waals surface area contributed by atoms with Crippen LogP contribution in [0.2, 0.25) is 0 Å². The fourth-order valence-corrected chi connectivity index (χ4v) is 2.94. The Kier molecular flexibility index (Phi) is 4.13. The highest BCUT2D eigenvalue weighted by molar-refractivity contribution is 7.09. The first-order valence-electron chi connectivity index (χ1n) is 6.06. The molecule has 2 rings (SSSR count). The summed E-state index contributed by atoms with van der Waals surface area (Å²) >= 11 is 1.56. The summed E-state index contributed by atoms with van der Waals surface area (Å²) in [6.07, 6.45) is 8.98. The molecule has 0 aromatic carbocycles. The van der Waals surface area contributed by atoms with E-state index in [1.54, 1.807) is 11.3 Å². The molecular formula is C13H19NOS. The second-order valence-electron chi connectivity index (χ2n) is 4.46. The van der Waals surface area contributed by atoms with Gasteiger partial charge in [0.15, 0.2) is 0 Å². The molecule has 3 heteroatoms. The molecule has 0 radical (unpaired) electrons. The molecule has 1 unspecified atom stereocenters. The molecular weight excluding hydrogens is 218 g/mol. The van der Waals surface area contributed by atoms with Crippen LogP contribution in [-0.2, 0) is 0 Å². The Labute approximate surface area is 101 Å². The molecule has 0 saturated heterocycles. The van der Waals surface area contributed by atoms with Crippen LogP contribution in [0.5, 0.6) is 0 Å². The van der Waals surface area contributed by atoms with Crippen LogP contribution < -0.4 is 0 Å². The predicted molar refractivity (Wildman–Crippen MR) is 67.6 cm³/mol. The number of hydrogen-bond donors (Lipinski definition) is 1. The molecule has 1 atom stereocenters. The van der Waals surface area contributed by atoms with Crippen molar-refractivity contribution in [2.24, 2.45) is 0 Å². The first-order chi connectivity index (χ1) is 7.77. The number of nitrogens with zero attached hydrogens (tertiary/aromatic N) is 1. The Morgan fingerprint density at radius 2 is 2.12 bits per heavy atom. The van der Waals surface area contributed by atoms with Crippen LogP contribution in [-0.4, -0.2) is 10.1 Å². The number of aliphatic hydroxyl groups excluding tert-OH is 1. The van der Waals surface area contributed by atoms with Crippen LogP contribution in [0.4, 0.5) is 0 Å². The van der Waals surface area contributed by atoms with Crippen molar-refractivity contribution in [2.45, 2.75) is 51.6 Å². The first-order valence-corrected chi connectivity index (χ1v) is 6.94. The van der Waals surface area contributed by atoms with E-state index in [0.29, 0.717) is 0 Å². The molecule has 1 aromatic rings. The summed E-state index contributed by atoms with van der Waals surface area (Å²) in [5.74, 6) is 0. The molecule has 16 heavy (non-hydrogen) atoms. The van der Waals surface area contributed by atoms with Gasteiger partial charge in [0.2, 0.25) is 0 Å². The lowest BCUT2D eigenvalue weighted by Crippen LogP contribution is -2.03. The minimum absolute atomic E-state index is 0.461. The van der Waals surface area contributed by atoms with Gasteiger partial charge >= 0.3 is 0 Å². The molecule has 88 valence electrons. The van der Waals surface area contributed by atoms with Crippen LogP contribution in [0.1, 0.15) is 55.3 Å². The SMILES string of the molecule is Cc1csc(C(O)C2=CCCCCCC2)n1. The fraction of sp³-hybridized carbons (Fsp3) is 0.615. The van der Waals surface area contributed by atoms with Crippen LogP contribution in [0.15, 0.2) is 17.0 Å². The van der Waals surface area contributed by atoms with Crippen molar-refractivity contribution < 1.29 is 5.11 Å². The van der Waals surface area contributed by atoms with Crippen LogP contribution in [0, 0.1) is 6.92 Å². The lowest BCUT2D eigenvalue weighted by atomic mass is 9.96. The number of aliphatic hydroxyl groups is 1. The highest BCUT2D eigenvalue weighted by Gasteiger charge is 2.16. The normalized spacial score (nSPS) is 19.8. The summed E-state index contributed by atoms with van der Waals surface area (Å²) in [6, 6.07) is 0. The van der Waals surface area contributed by atoms with Crippen molar-refractivity contribution in [3.8, 4) is 0 Å². The average Bonchev–Trinajstić information content (AvgIpc) is 2.63. The lowest BCUT2D eigenvalue weighted by molar-refractivity contribution is 0.208. The van der Waals surface area contributed by atoms with Crippen molar-refractivity contribution in [3.63, 3.8) is 0 Å². The Hall–Kier alpha value is -0.670. The molecule has 0 spiro atoms. The highest BCUT2D eigenvalue weighted by Crippen LogP contribution is 2.30. The van der Waals surface area contributed by atoms with Gasteiger partial charge in [-0.2, -0.15) is 0 Å². The van der Waals surface area contributed by atoms with E-state index in [4.69, 9.17) is 0 Å². The molecule has 1 N–H and O–H groups in total. The standard InChI is InChI=1S/C13H19NOS/c1-10-9-16-13(14-10)12(15)11-7-5-3-2-4-6-8-11/h7,9,12,15H,2-6,8H2,1H3. The number of hydrogen-bond acceptors (Lipinski definition) is 3. The maximum atomic E-state index is 10.3. The van der Waals surface area contributed by atoms with Gasteiger partial charge in [-0.25, -0.2) is 4.98 Å². The van der Waals surface area contributed by atoms with E-state index < -0.39 is 6.10 Å². The molecule has 0 saturated carbocycles. The average molecular weight is 237 g/mol. The van der Waals surface area contributed by atoms with Gasteiger partial charge in [0.25, 0.3) is 0 Å². The summed E-state index contributed by atoms with van der Waals surface area (Å²) in [6.45, 7) is 1.97. The van der Waals surface area contributed by atoms with Crippen molar-refractivity contribution >= 4 is 11.3 Å². The second-order valence-corrected chi connectivity index (χ2v) is 5.35. The monoisotopic (exact) mass is 237 g/mol. The third kappa shape index (κ3) is 2.92. The summed E-state index contributed by atoms with van der Waals surface area (Å²) in [5.41, 5.74) is 2.18. The molecule has 0 fully saturated rings. The number of aryl methyl sites for hydroxylation is 1. The van der Waals surface area contributed by atoms with Crippen LogP contribution in [0.25, 0.3) is 0 Å². The third-order valence-corrected chi connectivity index (χ3v) is 4.06. The van der Waals surface area contributed by atoms with Gasteiger partial charge in [-0.3, -0.25) is 0 Å². The van der Waals surface area contributed by atoms with Crippen LogP contribution >= 0.6 is 11.3 Å². The van der Waals surface area contributed by atoms with E-state index in [1.807, 2.05) is 12.3 Å². The van der Waals surface area contributed by atoms with Gasteiger partial charge in [-0.1, -0.05) is 18.9 Å². The molecule has 2 nitrogen and oxygen atoms in total. The summed E-state index contributed by atoms with van der Waals surface area (Å²) < 4.78 is 0. The minimum atomic E-state index is -0.461. The van der Waals surface area contributed by atoms with E-state index in [9.17, 15) is 5.11 Å². The lowest BCUT2D eigenvalue weighted by Gasteiger charge is -2.15. The van der Waals surface area contributed by atoms with Gasteiger partial charge in [0.05, 0.1) is 0 Å². The summed E-state index contributed by atoms with van der Waals surface area (Å²) in [5, 5.41) is 13.1. The van der Waals surface area contributed by atoms with Crippen molar-refractivity contribution in [1.82, 2.24) is 4.98 Å². The zero-order valence-corrected chi connectivity index (χ0v) is 10.6. The molecule has 0 amide bonds. The Balaban J connectivity index is 2.09. The third-order valence-electron chi connectivity index (χ3n) is 3.05. The zero-order chi connectivity index (χ0) is 11.4. The maximum absolute atomic E-state index is 10.3. The zero-order valence-electron chi connectivity index (χ0n) is 9.78. The highest BCUT2D eigenvalue weighted by atomic mass is 32.1. The molecule has 0 bridgehead atoms.